The summed E-state index contributed by atoms with van der Waals surface area (Å²) in [6.07, 6.45) is 0.0193. The van der Waals surface area contributed by atoms with Crippen molar-refractivity contribution in [3.8, 4) is 5.75 Å². The monoisotopic (exact) mass is 215 g/mol. The molecule has 0 fully saturated rings. The first-order valence-corrected chi connectivity index (χ1v) is 5.58. The van der Waals surface area contributed by atoms with Gasteiger partial charge >= 0.3 is 0 Å². The molecule has 0 saturated carbocycles. The Labute approximate surface area is 96.0 Å². The summed E-state index contributed by atoms with van der Waals surface area (Å²) in [5.41, 5.74) is 5.80. The second-order valence-electron chi connectivity index (χ2n) is 4.16. The Bertz CT molecular complexity index is 474. The highest BCUT2D eigenvalue weighted by molar-refractivity contribution is 5.88. The van der Waals surface area contributed by atoms with E-state index in [1.54, 1.807) is 0 Å². The van der Waals surface area contributed by atoms with Crippen molar-refractivity contribution < 1.29 is 4.74 Å². The fraction of sp³-hybridized carbons (Fsp3) is 0.286. The van der Waals surface area contributed by atoms with E-state index in [1.165, 1.54) is 5.39 Å². The van der Waals surface area contributed by atoms with Gasteiger partial charge in [-0.1, -0.05) is 36.4 Å². The molecule has 0 aliphatic rings. The molecule has 2 nitrogen and oxygen atoms in total. The number of ether oxygens (including phenoxy) is 1. The number of benzene rings is 2. The van der Waals surface area contributed by atoms with Crippen LogP contribution in [0.5, 0.6) is 5.75 Å². The van der Waals surface area contributed by atoms with Crippen molar-refractivity contribution in [2.24, 2.45) is 5.73 Å². The third kappa shape index (κ3) is 2.17. The second-order valence-corrected chi connectivity index (χ2v) is 4.16. The lowest BCUT2D eigenvalue weighted by Crippen LogP contribution is -2.33. The first-order chi connectivity index (χ1) is 7.68. The van der Waals surface area contributed by atoms with Crippen LogP contribution in [-0.2, 0) is 0 Å². The molecule has 2 aromatic carbocycles. The summed E-state index contributed by atoms with van der Waals surface area (Å²) in [6.45, 7) is 3.95. The second kappa shape index (κ2) is 4.54. The van der Waals surface area contributed by atoms with E-state index in [-0.39, 0.29) is 12.1 Å². The van der Waals surface area contributed by atoms with Crippen molar-refractivity contribution >= 4 is 10.8 Å². The molecular weight excluding hydrogens is 198 g/mol. The van der Waals surface area contributed by atoms with Crippen LogP contribution in [0.25, 0.3) is 10.8 Å². The van der Waals surface area contributed by atoms with E-state index in [0.717, 1.165) is 11.1 Å². The molecule has 0 amide bonds. The van der Waals surface area contributed by atoms with E-state index in [0.29, 0.717) is 0 Å². The fourth-order valence-electron chi connectivity index (χ4n) is 1.61. The van der Waals surface area contributed by atoms with Crippen LogP contribution in [-0.4, -0.2) is 12.1 Å². The van der Waals surface area contributed by atoms with E-state index < -0.39 is 0 Å². The molecule has 2 N–H and O–H groups in total. The van der Waals surface area contributed by atoms with E-state index in [9.17, 15) is 0 Å². The summed E-state index contributed by atoms with van der Waals surface area (Å²) in [5.74, 6) is 0.905. The predicted octanol–water partition coefficient (Wildman–Crippen LogP) is 2.95. The quantitative estimate of drug-likeness (QED) is 0.854. The summed E-state index contributed by atoms with van der Waals surface area (Å²) in [6, 6.07) is 14.3. The number of nitrogens with two attached hydrogens (primary N) is 1. The van der Waals surface area contributed by atoms with Crippen molar-refractivity contribution in [2.75, 3.05) is 0 Å². The van der Waals surface area contributed by atoms with Gasteiger partial charge in [-0.05, 0) is 25.3 Å². The third-order valence-electron chi connectivity index (χ3n) is 2.80. The minimum absolute atomic E-state index is 0.0193. The molecule has 0 aliphatic heterocycles. The van der Waals surface area contributed by atoms with Gasteiger partial charge in [0.1, 0.15) is 11.9 Å². The molecular formula is C14H17NO. The minimum Gasteiger partial charge on any atom is -0.488 e. The molecule has 0 aliphatic carbocycles. The van der Waals surface area contributed by atoms with Gasteiger partial charge in [0.25, 0.3) is 0 Å². The number of rotatable bonds is 3. The fourth-order valence-corrected chi connectivity index (χ4v) is 1.61. The number of hydrogen-bond donors (Lipinski definition) is 1. The van der Waals surface area contributed by atoms with Crippen LogP contribution in [0.3, 0.4) is 0 Å². The lowest BCUT2D eigenvalue weighted by molar-refractivity contribution is 0.199. The van der Waals surface area contributed by atoms with Gasteiger partial charge in [-0.25, -0.2) is 0 Å². The van der Waals surface area contributed by atoms with Gasteiger partial charge in [0.05, 0.1) is 0 Å². The van der Waals surface area contributed by atoms with Gasteiger partial charge in [0.15, 0.2) is 0 Å². The molecule has 0 radical (unpaired) electrons. The largest absolute Gasteiger partial charge is 0.488 e. The summed E-state index contributed by atoms with van der Waals surface area (Å²) in [4.78, 5) is 0. The molecule has 0 heterocycles. The maximum absolute atomic E-state index is 5.86. The summed E-state index contributed by atoms with van der Waals surface area (Å²) >= 11 is 0. The lowest BCUT2D eigenvalue weighted by atomic mass is 10.1. The minimum atomic E-state index is 0.0193. The Morgan fingerprint density at radius 1 is 1.00 bits per heavy atom. The smallest absolute Gasteiger partial charge is 0.127 e. The highest BCUT2D eigenvalue weighted by Crippen LogP contribution is 2.26. The topological polar surface area (TPSA) is 35.2 Å². The predicted molar refractivity (Wildman–Crippen MR) is 67.7 cm³/mol. The Kier molecular flexibility index (Phi) is 3.11. The van der Waals surface area contributed by atoms with Gasteiger partial charge < -0.3 is 10.5 Å². The molecule has 1 unspecified atom stereocenters. The SMILES string of the molecule is CC(Oc1cccc2ccccc12)[C@@H](C)N. The standard InChI is InChI=1S/C14H17NO/c1-10(15)11(2)16-14-9-5-7-12-6-3-4-8-13(12)14/h3-11H,15H2,1-2H3/t10-,11?/m1/s1. The molecule has 0 saturated heterocycles. The first-order valence-electron chi connectivity index (χ1n) is 5.58. The van der Waals surface area contributed by atoms with Crippen LogP contribution in [0.15, 0.2) is 42.5 Å². The molecule has 2 atom stereocenters. The Hall–Kier alpha value is -1.54. The number of hydrogen-bond acceptors (Lipinski definition) is 2. The van der Waals surface area contributed by atoms with E-state index in [1.807, 2.05) is 38.1 Å². The molecule has 16 heavy (non-hydrogen) atoms. The first kappa shape index (κ1) is 11.0. The van der Waals surface area contributed by atoms with Crippen molar-refractivity contribution in [3.05, 3.63) is 42.5 Å². The highest BCUT2D eigenvalue weighted by Gasteiger charge is 2.10. The summed E-state index contributed by atoms with van der Waals surface area (Å²) in [7, 11) is 0. The summed E-state index contributed by atoms with van der Waals surface area (Å²) < 4.78 is 5.86. The van der Waals surface area contributed by atoms with E-state index in [2.05, 4.69) is 18.2 Å². The molecule has 2 rings (SSSR count). The van der Waals surface area contributed by atoms with Crippen molar-refractivity contribution in [1.29, 1.82) is 0 Å². The summed E-state index contributed by atoms with van der Waals surface area (Å²) in [5, 5.41) is 2.33. The van der Waals surface area contributed by atoms with Gasteiger partial charge in [-0.3, -0.25) is 0 Å². The van der Waals surface area contributed by atoms with Crippen LogP contribution in [0.1, 0.15) is 13.8 Å². The molecule has 2 heteroatoms. The Morgan fingerprint density at radius 2 is 1.69 bits per heavy atom. The van der Waals surface area contributed by atoms with Gasteiger partial charge in [0, 0.05) is 11.4 Å². The Morgan fingerprint density at radius 3 is 2.44 bits per heavy atom. The van der Waals surface area contributed by atoms with Crippen LogP contribution in [0, 0.1) is 0 Å². The average molecular weight is 215 g/mol. The van der Waals surface area contributed by atoms with Gasteiger partial charge in [0.2, 0.25) is 0 Å². The number of fused-ring (bicyclic) bond motifs is 1. The normalized spacial score (nSPS) is 14.7. The molecule has 0 bridgehead atoms. The zero-order valence-electron chi connectivity index (χ0n) is 9.68. The van der Waals surface area contributed by atoms with Crippen molar-refractivity contribution in [3.63, 3.8) is 0 Å². The highest BCUT2D eigenvalue weighted by atomic mass is 16.5. The molecule has 0 aromatic heterocycles. The zero-order chi connectivity index (χ0) is 11.5. The Balaban J connectivity index is 2.37. The van der Waals surface area contributed by atoms with Crippen LogP contribution >= 0.6 is 0 Å². The van der Waals surface area contributed by atoms with E-state index in [4.69, 9.17) is 10.5 Å². The average Bonchev–Trinajstić information content (AvgIpc) is 2.29. The zero-order valence-corrected chi connectivity index (χ0v) is 9.68. The van der Waals surface area contributed by atoms with Crippen molar-refractivity contribution in [1.82, 2.24) is 0 Å². The lowest BCUT2D eigenvalue weighted by Gasteiger charge is -2.19. The molecule has 84 valence electrons. The van der Waals surface area contributed by atoms with Gasteiger partial charge in [-0.2, -0.15) is 0 Å². The molecule has 0 spiro atoms. The van der Waals surface area contributed by atoms with Gasteiger partial charge in [-0.15, -0.1) is 0 Å². The third-order valence-corrected chi connectivity index (χ3v) is 2.80. The van der Waals surface area contributed by atoms with Crippen LogP contribution in [0.4, 0.5) is 0 Å². The van der Waals surface area contributed by atoms with E-state index >= 15 is 0 Å². The molecule has 2 aromatic rings. The maximum Gasteiger partial charge on any atom is 0.127 e. The maximum atomic E-state index is 5.86. The van der Waals surface area contributed by atoms with Crippen LogP contribution in [0.2, 0.25) is 0 Å². The van der Waals surface area contributed by atoms with Crippen molar-refractivity contribution in [2.45, 2.75) is 26.0 Å². The van der Waals surface area contributed by atoms with Crippen LogP contribution < -0.4 is 10.5 Å².